The SMILES string of the molecule is CNC(=O)C(C)CN(C)CCC(=O)c1ccccc1. The minimum absolute atomic E-state index is 0.0289. The first-order chi connectivity index (χ1) is 9.04. The fourth-order valence-electron chi connectivity index (χ4n) is 1.95. The van der Waals surface area contributed by atoms with Gasteiger partial charge in [-0.3, -0.25) is 9.59 Å². The maximum absolute atomic E-state index is 11.9. The Bertz CT molecular complexity index is 417. The molecule has 1 aromatic rings. The summed E-state index contributed by atoms with van der Waals surface area (Å²) in [5.74, 6) is 0.100. The summed E-state index contributed by atoms with van der Waals surface area (Å²) in [5.41, 5.74) is 0.746. The first-order valence-corrected chi connectivity index (χ1v) is 6.53. The van der Waals surface area contributed by atoms with Crippen LogP contribution in [0.25, 0.3) is 0 Å². The van der Waals surface area contributed by atoms with Gasteiger partial charge in [0.05, 0.1) is 0 Å². The topological polar surface area (TPSA) is 49.4 Å². The number of carbonyl (C=O) groups is 2. The van der Waals surface area contributed by atoms with Crippen molar-refractivity contribution in [2.45, 2.75) is 13.3 Å². The predicted molar refractivity (Wildman–Crippen MR) is 76.1 cm³/mol. The summed E-state index contributed by atoms with van der Waals surface area (Å²) in [4.78, 5) is 25.3. The molecule has 0 saturated carbocycles. The minimum Gasteiger partial charge on any atom is -0.359 e. The summed E-state index contributed by atoms with van der Waals surface area (Å²) >= 11 is 0. The third-order valence-corrected chi connectivity index (χ3v) is 3.10. The van der Waals surface area contributed by atoms with E-state index in [1.807, 2.05) is 49.2 Å². The standard InChI is InChI=1S/C15H22N2O2/c1-12(15(19)16-2)11-17(3)10-9-14(18)13-7-5-4-6-8-13/h4-8,12H,9-11H2,1-3H3,(H,16,19). The van der Waals surface area contributed by atoms with E-state index >= 15 is 0 Å². The second kappa shape index (κ2) is 7.69. The summed E-state index contributed by atoms with van der Waals surface area (Å²) in [7, 11) is 3.56. The molecule has 1 rings (SSSR count). The van der Waals surface area contributed by atoms with E-state index in [-0.39, 0.29) is 17.6 Å². The fraction of sp³-hybridized carbons (Fsp3) is 0.467. The molecule has 104 valence electrons. The average molecular weight is 262 g/mol. The number of carbonyl (C=O) groups excluding carboxylic acids is 2. The van der Waals surface area contributed by atoms with E-state index in [4.69, 9.17) is 0 Å². The van der Waals surface area contributed by atoms with Crippen molar-refractivity contribution in [2.24, 2.45) is 5.92 Å². The normalized spacial score (nSPS) is 12.2. The van der Waals surface area contributed by atoms with E-state index < -0.39 is 0 Å². The summed E-state index contributed by atoms with van der Waals surface area (Å²) in [6.07, 6.45) is 0.473. The molecule has 1 amide bonds. The van der Waals surface area contributed by atoms with Crippen molar-refractivity contribution in [2.75, 3.05) is 27.2 Å². The van der Waals surface area contributed by atoms with Gasteiger partial charge >= 0.3 is 0 Å². The molecule has 0 spiro atoms. The molecule has 0 bridgehead atoms. The Labute approximate surface area is 114 Å². The number of nitrogens with one attached hydrogen (secondary N) is 1. The molecule has 0 aliphatic heterocycles. The molecule has 0 aromatic heterocycles. The van der Waals surface area contributed by atoms with Gasteiger partial charge in [0.2, 0.25) is 5.91 Å². The summed E-state index contributed by atoms with van der Waals surface area (Å²) in [5, 5.41) is 2.63. The quantitative estimate of drug-likeness (QED) is 0.759. The molecule has 4 nitrogen and oxygen atoms in total. The first kappa shape index (κ1) is 15.4. The highest BCUT2D eigenvalue weighted by atomic mass is 16.1. The van der Waals surface area contributed by atoms with Gasteiger partial charge in [-0.2, -0.15) is 0 Å². The second-order valence-electron chi connectivity index (χ2n) is 4.82. The monoisotopic (exact) mass is 262 g/mol. The van der Waals surface area contributed by atoms with Crippen LogP contribution in [0.2, 0.25) is 0 Å². The number of Topliss-reactive ketones (excluding diaryl/α,β-unsaturated/α-hetero) is 1. The van der Waals surface area contributed by atoms with E-state index in [1.54, 1.807) is 7.05 Å². The van der Waals surface area contributed by atoms with Gasteiger partial charge in [-0.05, 0) is 7.05 Å². The number of rotatable bonds is 7. The Balaban J connectivity index is 2.36. The predicted octanol–water partition coefficient (Wildman–Crippen LogP) is 1.57. The van der Waals surface area contributed by atoms with E-state index in [0.717, 1.165) is 5.56 Å². The Morgan fingerprint density at radius 1 is 1.26 bits per heavy atom. The van der Waals surface area contributed by atoms with Gasteiger partial charge in [-0.1, -0.05) is 37.3 Å². The van der Waals surface area contributed by atoms with Crippen LogP contribution in [-0.2, 0) is 4.79 Å². The molecule has 1 atom stereocenters. The summed E-state index contributed by atoms with van der Waals surface area (Å²) in [6.45, 7) is 3.20. The van der Waals surface area contributed by atoms with Crippen LogP contribution in [0.1, 0.15) is 23.7 Å². The van der Waals surface area contributed by atoms with Crippen molar-refractivity contribution in [3.8, 4) is 0 Å². The Hall–Kier alpha value is -1.68. The molecule has 0 radical (unpaired) electrons. The third-order valence-electron chi connectivity index (χ3n) is 3.10. The molecule has 0 aliphatic rings. The van der Waals surface area contributed by atoms with Gasteiger partial charge in [0, 0.05) is 38.0 Å². The maximum atomic E-state index is 11.9. The highest BCUT2D eigenvalue weighted by Crippen LogP contribution is 2.05. The average Bonchev–Trinajstić information content (AvgIpc) is 2.44. The fourth-order valence-corrected chi connectivity index (χ4v) is 1.95. The summed E-state index contributed by atoms with van der Waals surface area (Å²) < 4.78 is 0. The lowest BCUT2D eigenvalue weighted by Gasteiger charge is -2.19. The lowest BCUT2D eigenvalue weighted by Crippen LogP contribution is -2.35. The van der Waals surface area contributed by atoms with E-state index in [2.05, 4.69) is 5.32 Å². The van der Waals surface area contributed by atoms with Crippen LogP contribution in [0, 0.1) is 5.92 Å². The van der Waals surface area contributed by atoms with Gasteiger partial charge in [0.15, 0.2) is 5.78 Å². The van der Waals surface area contributed by atoms with Gasteiger partial charge in [0.25, 0.3) is 0 Å². The maximum Gasteiger partial charge on any atom is 0.223 e. The van der Waals surface area contributed by atoms with Crippen LogP contribution < -0.4 is 5.32 Å². The molecule has 0 saturated heterocycles. The van der Waals surface area contributed by atoms with Crippen molar-refractivity contribution in [1.29, 1.82) is 0 Å². The minimum atomic E-state index is -0.0678. The van der Waals surface area contributed by atoms with Crippen molar-refractivity contribution in [3.05, 3.63) is 35.9 Å². The Morgan fingerprint density at radius 3 is 2.47 bits per heavy atom. The smallest absolute Gasteiger partial charge is 0.223 e. The third kappa shape index (κ3) is 5.22. The van der Waals surface area contributed by atoms with Crippen LogP contribution in [0.15, 0.2) is 30.3 Å². The molecule has 19 heavy (non-hydrogen) atoms. The van der Waals surface area contributed by atoms with Crippen molar-refractivity contribution in [1.82, 2.24) is 10.2 Å². The van der Waals surface area contributed by atoms with E-state index in [9.17, 15) is 9.59 Å². The molecule has 1 N–H and O–H groups in total. The number of nitrogens with zero attached hydrogens (tertiary/aromatic N) is 1. The second-order valence-corrected chi connectivity index (χ2v) is 4.82. The van der Waals surface area contributed by atoms with Crippen LogP contribution in [-0.4, -0.2) is 43.8 Å². The Morgan fingerprint density at radius 2 is 1.89 bits per heavy atom. The number of benzene rings is 1. The molecule has 4 heteroatoms. The van der Waals surface area contributed by atoms with E-state index in [0.29, 0.717) is 19.5 Å². The largest absolute Gasteiger partial charge is 0.359 e. The van der Waals surface area contributed by atoms with Crippen molar-refractivity contribution >= 4 is 11.7 Å². The van der Waals surface area contributed by atoms with E-state index in [1.165, 1.54) is 0 Å². The van der Waals surface area contributed by atoms with Gasteiger partial charge in [0.1, 0.15) is 0 Å². The Kier molecular flexibility index (Phi) is 6.22. The molecule has 1 unspecified atom stereocenters. The summed E-state index contributed by atoms with van der Waals surface area (Å²) in [6, 6.07) is 9.29. The zero-order valence-electron chi connectivity index (χ0n) is 11.8. The number of hydrogen-bond acceptors (Lipinski definition) is 3. The number of hydrogen-bond donors (Lipinski definition) is 1. The number of amides is 1. The highest BCUT2D eigenvalue weighted by Gasteiger charge is 2.14. The molecule has 0 heterocycles. The van der Waals surface area contributed by atoms with Gasteiger partial charge in [-0.25, -0.2) is 0 Å². The molecule has 0 fully saturated rings. The van der Waals surface area contributed by atoms with Gasteiger partial charge in [-0.15, -0.1) is 0 Å². The molecular weight excluding hydrogens is 240 g/mol. The van der Waals surface area contributed by atoms with Crippen LogP contribution in [0.3, 0.4) is 0 Å². The first-order valence-electron chi connectivity index (χ1n) is 6.53. The molecule has 0 aliphatic carbocycles. The zero-order chi connectivity index (χ0) is 14.3. The van der Waals surface area contributed by atoms with Crippen LogP contribution in [0.5, 0.6) is 0 Å². The van der Waals surface area contributed by atoms with Crippen molar-refractivity contribution < 1.29 is 9.59 Å². The zero-order valence-corrected chi connectivity index (χ0v) is 11.8. The van der Waals surface area contributed by atoms with Crippen LogP contribution in [0.4, 0.5) is 0 Å². The highest BCUT2D eigenvalue weighted by molar-refractivity contribution is 5.96. The van der Waals surface area contributed by atoms with Crippen molar-refractivity contribution in [3.63, 3.8) is 0 Å². The number of ketones is 1. The molecular formula is C15H22N2O2. The molecule has 1 aromatic carbocycles. The van der Waals surface area contributed by atoms with Crippen LogP contribution >= 0.6 is 0 Å². The lowest BCUT2D eigenvalue weighted by atomic mass is 10.1. The van der Waals surface area contributed by atoms with Gasteiger partial charge < -0.3 is 10.2 Å². The lowest BCUT2D eigenvalue weighted by molar-refractivity contribution is -0.124.